The van der Waals surface area contributed by atoms with Crippen molar-refractivity contribution in [3.63, 3.8) is 0 Å². The van der Waals surface area contributed by atoms with Gasteiger partial charge in [0.15, 0.2) is 0 Å². The first-order valence-corrected chi connectivity index (χ1v) is 6.13. The monoisotopic (exact) mass is 214 g/mol. The Bertz CT molecular complexity index is 193. The summed E-state index contributed by atoms with van der Waals surface area (Å²) < 4.78 is 0. The summed E-state index contributed by atoms with van der Waals surface area (Å²) in [5.41, 5.74) is 5.98. The third-order valence-electron chi connectivity index (χ3n) is 3.51. The molecule has 0 heterocycles. The van der Waals surface area contributed by atoms with Crippen molar-refractivity contribution in [2.75, 3.05) is 13.1 Å². The topological polar surface area (TPSA) is 29.3 Å². The van der Waals surface area contributed by atoms with Gasteiger partial charge in [0.25, 0.3) is 0 Å². The highest BCUT2D eigenvalue weighted by molar-refractivity contribution is 7.80. The van der Waals surface area contributed by atoms with Gasteiger partial charge in [-0.2, -0.15) is 0 Å². The molecule has 0 aromatic heterocycles. The van der Waals surface area contributed by atoms with E-state index in [4.69, 9.17) is 18.0 Å². The average Bonchev–Trinajstić information content (AvgIpc) is 2.21. The van der Waals surface area contributed by atoms with Crippen LogP contribution in [0.3, 0.4) is 0 Å². The van der Waals surface area contributed by atoms with Gasteiger partial charge in [-0.3, -0.25) is 4.90 Å². The van der Waals surface area contributed by atoms with Crippen LogP contribution >= 0.6 is 12.2 Å². The molecule has 1 aliphatic rings. The van der Waals surface area contributed by atoms with Gasteiger partial charge in [0.05, 0.1) is 10.5 Å². The van der Waals surface area contributed by atoms with E-state index in [1.54, 1.807) is 0 Å². The summed E-state index contributed by atoms with van der Waals surface area (Å²) in [6, 6.07) is 0. The molecule has 0 aromatic carbocycles. The lowest BCUT2D eigenvalue weighted by molar-refractivity contribution is 0.122. The Morgan fingerprint density at radius 3 is 2.07 bits per heavy atom. The lowest BCUT2D eigenvalue weighted by Gasteiger charge is -2.45. The van der Waals surface area contributed by atoms with Gasteiger partial charge in [0.2, 0.25) is 0 Å². The molecule has 0 aliphatic heterocycles. The third kappa shape index (κ3) is 2.09. The summed E-state index contributed by atoms with van der Waals surface area (Å²) in [5, 5.41) is 0. The fourth-order valence-corrected chi connectivity index (χ4v) is 3.02. The molecule has 1 rings (SSSR count). The van der Waals surface area contributed by atoms with Crippen LogP contribution in [0.2, 0.25) is 0 Å². The Labute approximate surface area is 92.8 Å². The lowest BCUT2D eigenvalue weighted by Crippen LogP contribution is -2.57. The van der Waals surface area contributed by atoms with E-state index in [1.807, 2.05) is 0 Å². The first kappa shape index (κ1) is 11.9. The SMILES string of the molecule is CCN(CC)C1(C(N)=S)CCCCC1. The minimum Gasteiger partial charge on any atom is -0.392 e. The van der Waals surface area contributed by atoms with Crippen LogP contribution in [-0.4, -0.2) is 28.5 Å². The van der Waals surface area contributed by atoms with Gasteiger partial charge >= 0.3 is 0 Å². The fourth-order valence-electron chi connectivity index (χ4n) is 2.68. The molecule has 0 spiro atoms. The van der Waals surface area contributed by atoms with Gasteiger partial charge in [-0.25, -0.2) is 0 Å². The van der Waals surface area contributed by atoms with Crippen LogP contribution in [-0.2, 0) is 0 Å². The summed E-state index contributed by atoms with van der Waals surface area (Å²) in [7, 11) is 0. The van der Waals surface area contributed by atoms with Crippen molar-refractivity contribution in [2.45, 2.75) is 51.5 Å². The average molecular weight is 214 g/mol. The van der Waals surface area contributed by atoms with Crippen molar-refractivity contribution in [3.05, 3.63) is 0 Å². The molecular weight excluding hydrogens is 192 g/mol. The number of nitrogens with zero attached hydrogens (tertiary/aromatic N) is 1. The van der Waals surface area contributed by atoms with E-state index in [1.165, 1.54) is 19.3 Å². The highest BCUT2D eigenvalue weighted by Crippen LogP contribution is 2.33. The predicted molar refractivity (Wildman–Crippen MR) is 65.5 cm³/mol. The standard InChI is InChI=1S/C11H22N2S/c1-3-13(4-2)11(10(12)14)8-6-5-7-9-11/h3-9H2,1-2H3,(H2,12,14). The molecule has 0 bridgehead atoms. The van der Waals surface area contributed by atoms with Crippen molar-refractivity contribution >= 4 is 17.2 Å². The van der Waals surface area contributed by atoms with Gasteiger partial charge in [0, 0.05) is 0 Å². The van der Waals surface area contributed by atoms with Crippen molar-refractivity contribution in [2.24, 2.45) is 5.73 Å². The fraction of sp³-hybridized carbons (Fsp3) is 0.909. The molecule has 3 heteroatoms. The summed E-state index contributed by atoms with van der Waals surface area (Å²) in [5.74, 6) is 0. The largest absolute Gasteiger partial charge is 0.392 e. The molecule has 0 atom stereocenters. The van der Waals surface area contributed by atoms with Gasteiger partial charge in [-0.05, 0) is 25.9 Å². The van der Waals surface area contributed by atoms with Crippen LogP contribution in [0.15, 0.2) is 0 Å². The van der Waals surface area contributed by atoms with E-state index in [9.17, 15) is 0 Å². The number of thiocarbonyl (C=S) groups is 1. The van der Waals surface area contributed by atoms with Gasteiger partial charge in [0.1, 0.15) is 0 Å². The van der Waals surface area contributed by atoms with Crippen LogP contribution in [0.1, 0.15) is 46.0 Å². The smallest absolute Gasteiger partial charge is 0.0933 e. The third-order valence-corrected chi connectivity index (χ3v) is 3.89. The van der Waals surface area contributed by atoms with Crippen molar-refractivity contribution < 1.29 is 0 Å². The van der Waals surface area contributed by atoms with Crippen LogP contribution in [0.4, 0.5) is 0 Å². The number of likely N-dealkylation sites (N-methyl/N-ethyl adjacent to an activating group) is 1. The zero-order valence-corrected chi connectivity index (χ0v) is 10.2. The van der Waals surface area contributed by atoms with E-state index < -0.39 is 0 Å². The van der Waals surface area contributed by atoms with E-state index in [-0.39, 0.29) is 5.54 Å². The number of nitrogens with two attached hydrogens (primary N) is 1. The maximum atomic E-state index is 5.94. The summed E-state index contributed by atoms with van der Waals surface area (Å²) in [4.78, 5) is 3.15. The minimum atomic E-state index is 0.0388. The molecule has 82 valence electrons. The zero-order chi connectivity index (χ0) is 10.6. The number of hydrogen-bond donors (Lipinski definition) is 1. The Hall–Kier alpha value is -0.150. The van der Waals surface area contributed by atoms with Crippen molar-refractivity contribution in [1.29, 1.82) is 0 Å². The molecule has 0 radical (unpaired) electrons. The molecule has 0 saturated heterocycles. The number of hydrogen-bond acceptors (Lipinski definition) is 2. The highest BCUT2D eigenvalue weighted by Gasteiger charge is 2.39. The molecule has 14 heavy (non-hydrogen) atoms. The molecule has 2 nitrogen and oxygen atoms in total. The Morgan fingerprint density at radius 1 is 1.21 bits per heavy atom. The van der Waals surface area contributed by atoms with Crippen LogP contribution in [0.5, 0.6) is 0 Å². The molecule has 0 amide bonds. The normalized spacial score (nSPS) is 21.1. The van der Waals surface area contributed by atoms with E-state index in [2.05, 4.69) is 18.7 Å². The Balaban J connectivity index is 2.83. The van der Waals surface area contributed by atoms with E-state index in [0.29, 0.717) is 4.99 Å². The van der Waals surface area contributed by atoms with Crippen LogP contribution < -0.4 is 5.73 Å². The quantitative estimate of drug-likeness (QED) is 0.728. The van der Waals surface area contributed by atoms with Gasteiger partial charge in [-0.1, -0.05) is 45.3 Å². The Kier molecular flexibility index (Phi) is 4.32. The molecular formula is C11H22N2S. The summed E-state index contributed by atoms with van der Waals surface area (Å²) in [6.07, 6.45) is 6.20. The molecule has 0 aromatic rings. The molecule has 1 aliphatic carbocycles. The Morgan fingerprint density at radius 2 is 1.71 bits per heavy atom. The zero-order valence-electron chi connectivity index (χ0n) is 9.38. The second-order valence-electron chi connectivity index (χ2n) is 4.13. The first-order valence-electron chi connectivity index (χ1n) is 5.72. The lowest BCUT2D eigenvalue weighted by atomic mass is 9.80. The second kappa shape index (κ2) is 5.08. The highest BCUT2D eigenvalue weighted by atomic mass is 32.1. The van der Waals surface area contributed by atoms with Gasteiger partial charge in [-0.15, -0.1) is 0 Å². The maximum Gasteiger partial charge on any atom is 0.0933 e. The molecule has 1 saturated carbocycles. The second-order valence-corrected chi connectivity index (χ2v) is 4.57. The number of rotatable bonds is 4. The summed E-state index contributed by atoms with van der Waals surface area (Å²) >= 11 is 5.27. The van der Waals surface area contributed by atoms with Crippen LogP contribution in [0.25, 0.3) is 0 Å². The van der Waals surface area contributed by atoms with Crippen LogP contribution in [0, 0.1) is 0 Å². The predicted octanol–water partition coefficient (Wildman–Crippen LogP) is 2.32. The summed E-state index contributed by atoms with van der Waals surface area (Å²) in [6.45, 7) is 6.48. The van der Waals surface area contributed by atoms with Crippen molar-refractivity contribution in [3.8, 4) is 0 Å². The molecule has 2 N–H and O–H groups in total. The van der Waals surface area contributed by atoms with E-state index in [0.717, 1.165) is 25.9 Å². The minimum absolute atomic E-state index is 0.0388. The van der Waals surface area contributed by atoms with E-state index >= 15 is 0 Å². The van der Waals surface area contributed by atoms with Gasteiger partial charge < -0.3 is 5.73 Å². The van der Waals surface area contributed by atoms with Crippen molar-refractivity contribution in [1.82, 2.24) is 4.90 Å². The molecule has 1 fully saturated rings. The molecule has 0 unspecified atom stereocenters. The maximum absolute atomic E-state index is 5.94. The first-order chi connectivity index (χ1) is 6.67.